The SMILES string of the molecule is COc1ccc(C2=Nc3ncnn3C(c3ccccc3)/C2=N/O)cc1. The van der Waals surface area contributed by atoms with Crippen molar-refractivity contribution >= 4 is 17.4 Å². The molecule has 3 aromatic rings. The first kappa shape index (κ1) is 15.1. The first-order chi connectivity index (χ1) is 12.3. The Morgan fingerprint density at radius 2 is 1.84 bits per heavy atom. The van der Waals surface area contributed by atoms with Gasteiger partial charge >= 0.3 is 0 Å². The molecule has 25 heavy (non-hydrogen) atoms. The predicted molar refractivity (Wildman–Crippen MR) is 93.0 cm³/mol. The summed E-state index contributed by atoms with van der Waals surface area (Å²) in [6.45, 7) is 0. The lowest BCUT2D eigenvalue weighted by Gasteiger charge is -2.24. The summed E-state index contributed by atoms with van der Waals surface area (Å²) in [5.41, 5.74) is 2.71. The van der Waals surface area contributed by atoms with E-state index in [-0.39, 0.29) is 0 Å². The smallest absolute Gasteiger partial charge is 0.249 e. The zero-order chi connectivity index (χ0) is 17.2. The van der Waals surface area contributed by atoms with Crippen molar-refractivity contribution in [1.82, 2.24) is 14.8 Å². The molecule has 0 fully saturated rings. The lowest BCUT2D eigenvalue weighted by molar-refractivity contribution is 0.316. The third-order valence-corrected chi connectivity index (χ3v) is 4.10. The van der Waals surface area contributed by atoms with Gasteiger partial charge in [0.2, 0.25) is 5.95 Å². The number of aliphatic imine (C=N–C) groups is 1. The second-order valence-corrected chi connectivity index (χ2v) is 5.49. The minimum Gasteiger partial charge on any atom is -0.497 e. The normalized spacial score (nSPS) is 17.9. The topological polar surface area (TPSA) is 84.9 Å². The van der Waals surface area contributed by atoms with Crippen LogP contribution in [0, 0.1) is 0 Å². The van der Waals surface area contributed by atoms with Crippen molar-refractivity contribution in [2.75, 3.05) is 7.11 Å². The van der Waals surface area contributed by atoms with Gasteiger partial charge in [-0.15, -0.1) is 0 Å². The number of nitrogens with zero attached hydrogens (tertiary/aromatic N) is 5. The second kappa shape index (κ2) is 6.20. The number of aromatic nitrogens is 3. The zero-order valence-corrected chi connectivity index (χ0v) is 13.4. The molecule has 1 unspecified atom stereocenters. The fourth-order valence-corrected chi connectivity index (χ4v) is 2.91. The molecule has 0 saturated heterocycles. The minimum absolute atomic E-state index is 0.404. The highest BCUT2D eigenvalue weighted by atomic mass is 16.5. The first-order valence-electron chi connectivity index (χ1n) is 7.71. The predicted octanol–water partition coefficient (Wildman–Crippen LogP) is 2.84. The summed E-state index contributed by atoms with van der Waals surface area (Å²) in [5, 5.41) is 17.5. The van der Waals surface area contributed by atoms with E-state index in [9.17, 15) is 5.21 Å². The summed E-state index contributed by atoms with van der Waals surface area (Å²) in [6, 6.07) is 16.7. The molecule has 1 aromatic heterocycles. The van der Waals surface area contributed by atoms with E-state index in [1.807, 2.05) is 54.6 Å². The van der Waals surface area contributed by atoms with Crippen LogP contribution in [0.4, 0.5) is 5.95 Å². The summed E-state index contributed by atoms with van der Waals surface area (Å²) >= 11 is 0. The van der Waals surface area contributed by atoms with Crippen molar-refractivity contribution < 1.29 is 9.94 Å². The van der Waals surface area contributed by atoms with E-state index in [4.69, 9.17) is 4.74 Å². The first-order valence-corrected chi connectivity index (χ1v) is 7.71. The van der Waals surface area contributed by atoms with E-state index in [0.29, 0.717) is 17.4 Å². The second-order valence-electron chi connectivity index (χ2n) is 5.49. The molecule has 1 N–H and O–H groups in total. The summed E-state index contributed by atoms with van der Waals surface area (Å²) in [4.78, 5) is 8.75. The van der Waals surface area contributed by atoms with Crippen LogP contribution in [-0.4, -0.2) is 38.5 Å². The molecule has 1 aliphatic heterocycles. The molecular formula is C18H15N5O2. The largest absolute Gasteiger partial charge is 0.497 e. The van der Waals surface area contributed by atoms with Crippen LogP contribution in [-0.2, 0) is 0 Å². The van der Waals surface area contributed by atoms with Gasteiger partial charge in [0, 0.05) is 5.56 Å². The molecule has 2 heterocycles. The molecule has 1 aliphatic rings. The maximum absolute atomic E-state index is 9.74. The number of hydrogen-bond acceptors (Lipinski definition) is 6. The van der Waals surface area contributed by atoms with E-state index < -0.39 is 6.04 Å². The number of ether oxygens (including phenoxy) is 1. The summed E-state index contributed by atoms with van der Waals surface area (Å²) in [6.07, 6.45) is 1.45. The Bertz CT molecular complexity index is 945. The molecule has 4 rings (SSSR count). The fourth-order valence-electron chi connectivity index (χ4n) is 2.91. The van der Waals surface area contributed by atoms with Crippen molar-refractivity contribution in [3.63, 3.8) is 0 Å². The maximum atomic E-state index is 9.74. The molecule has 0 bridgehead atoms. The molecule has 0 radical (unpaired) electrons. The van der Waals surface area contributed by atoms with E-state index >= 15 is 0 Å². The van der Waals surface area contributed by atoms with Gasteiger partial charge in [-0.05, 0) is 29.8 Å². The number of hydrogen-bond donors (Lipinski definition) is 1. The van der Waals surface area contributed by atoms with Crippen molar-refractivity contribution in [3.8, 4) is 5.75 Å². The monoisotopic (exact) mass is 333 g/mol. The van der Waals surface area contributed by atoms with Crippen LogP contribution in [0.25, 0.3) is 0 Å². The quantitative estimate of drug-likeness (QED) is 0.590. The fraction of sp³-hybridized carbons (Fsp3) is 0.111. The third-order valence-electron chi connectivity index (χ3n) is 4.10. The Kier molecular flexibility index (Phi) is 3.74. The number of fused-ring (bicyclic) bond motifs is 1. The Morgan fingerprint density at radius 3 is 2.52 bits per heavy atom. The van der Waals surface area contributed by atoms with Crippen molar-refractivity contribution in [3.05, 3.63) is 72.1 Å². The maximum Gasteiger partial charge on any atom is 0.249 e. The van der Waals surface area contributed by atoms with Gasteiger partial charge < -0.3 is 9.94 Å². The molecule has 124 valence electrons. The van der Waals surface area contributed by atoms with Crippen LogP contribution in [0.1, 0.15) is 17.2 Å². The van der Waals surface area contributed by atoms with Crippen LogP contribution in [0.2, 0.25) is 0 Å². The number of oxime groups is 1. The average Bonchev–Trinajstić information content (AvgIpc) is 3.15. The zero-order valence-electron chi connectivity index (χ0n) is 13.4. The van der Waals surface area contributed by atoms with Crippen LogP contribution >= 0.6 is 0 Å². The van der Waals surface area contributed by atoms with Crippen LogP contribution < -0.4 is 4.74 Å². The van der Waals surface area contributed by atoms with Crippen molar-refractivity contribution in [2.24, 2.45) is 10.1 Å². The Labute approximate surface area is 143 Å². The van der Waals surface area contributed by atoms with Crippen LogP contribution in [0.5, 0.6) is 5.75 Å². The van der Waals surface area contributed by atoms with Gasteiger partial charge in [0.1, 0.15) is 29.5 Å². The molecule has 0 saturated carbocycles. The summed E-state index contributed by atoms with van der Waals surface area (Å²) in [7, 11) is 1.61. The highest BCUT2D eigenvalue weighted by molar-refractivity contribution is 6.50. The van der Waals surface area contributed by atoms with Crippen molar-refractivity contribution in [1.29, 1.82) is 0 Å². The minimum atomic E-state index is -0.404. The van der Waals surface area contributed by atoms with Gasteiger partial charge in [-0.1, -0.05) is 35.5 Å². The van der Waals surface area contributed by atoms with Gasteiger partial charge in [-0.25, -0.2) is 9.67 Å². The summed E-state index contributed by atoms with van der Waals surface area (Å²) < 4.78 is 6.85. The van der Waals surface area contributed by atoms with E-state index in [2.05, 4.69) is 20.2 Å². The molecule has 1 atom stereocenters. The molecule has 0 aliphatic carbocycles. The number of benzene rings is 2. The Morgan fingerprint density at radius 1 is 1.08 bits per heavy atom. The van der Waals surface area contributed by atoms with Crippen LogP contribution in [0.15, 0.2) is 71.1 Å². The molecule has 7 heteroatoms. The van der Waals surface area contributed by atoms with Gasteiger partial charge in [0.05, 0.1) is 7.11 Å². The molecule has 0 spiro atoms. The molecular weight excluding hydrogens is 318 g/mol. The Balaban J connectivity index is 1.87. The van der Waals surface area contributed by atoms with Crippen LogP contribution in [0.3, 0.4) is 0 Å². The molecule has 2 aromatic carbocycles. The van der Waals surface area contributed by atoms with Gasteiger partial charge in [-0.3, -0.25) is 0 Å². The molecule has 0 amide bonds. The Hall–Kier alpha value is -3.48. The van der Waals surface area contributed by atoms with E-state index in [1.165, 1.54) is 6.33 Å². The number of methoxy groups -OCH3 is 1. The van der Waals surface area contributed by atoms with Gasteiger partial charge in [0.15, 0.2) is 0 Å². The lowest BCUT2D eigenvalue weighted by atomic mass is 9.94. The van der Waals surface area contributed by atoms with E-state index in [0.717, 1.165) is 16.9 Å². The van der Waals surface area contributed by atoms with Crippen molar-refractivity contribution in [2.45, 2.75) is 6.04 Å². The highest BCUT2D eigenvalue weighted by Gasteiger charge is 2.33. The summed E-state index contributed by atoms with van der Waals surface area (Å²) in [5.74, 6) is 1.21. The lowest BCUT2D eigenvalue weighted by Crippen LogP contribution is -2.32. The average molecular weight is 333 g/mol. The van der Waals surface area contributed by atoms with E-state index in [1.54, 1.807) is 11.8 Å². The number of rotatable bonds is 3. The highest BCUT2D eigenvalue weighted by Crippen LogP contribution is 2.30. The third kappa shape index (κ3) is 2.55. The van der Waals surface area contributed by atoms with Gasteiger partial charge in [-0.2, -0.15) is 10.1 Å². The van der Waals surface area contributed by atoms with Gasteiger partial charge in [0.25, 0.3) is 0 Å². The standard InChI is InChI=1S/C18H15N5O2/c1-25-14-9-7-12(8-10-14)15-16(22-24)17(13-5-3-2-4-6-13)23-18(21-15)19-11-20-23/h2-11,17,24H,1H3/b22-16+. The molecule has 7 nitrogen and oxygen atoms in total.